The molecule has 7 heteroatoms. The predicted octanol–water partition coefficient (Wildman–Crippen LogP) is 2.59. The number of carboxylic acid groups (broad SMARTS) is 1. The molecule has 1 fully saturated rings. The van der Waals surface area contributed by atoms with Gasteiger partial charge in [0.15, 0.2) is 5.82 Å². The quantitative estimate of drug-likeness (QED) is 0.762. The summed E-state index contributed by atoms with van der Waals surface area (Å²) in [5, 5.41) is 13.2. The van der Waals surface area contributed by atoms with Gasteiger partial charge in [-0.3, -0.25) is 14.6 Å². The highest BCUT2D eigenvalue weighted by Gasteiger charge is 2.29. The van der Waals surface area contributed by atoms with Gasteiger partial charge >= 0.3 is 5.97 Å². The number of carboxylic acids is 1. The minimum atomic E-state index is -0.760. The van der Waals surface area contributed by atoms with Crippen LogP contribution in [0.15, 0.2) is 34.9 Å². The van der Waals surface area contributed by atoms with Crippen molar-refractivity contribution >= 4 is 5.97 Å². The van der Waals surface area contributed by atoms with Gasteiger partial charge in [-0.05, 0) is 31.9 Å². The van der Waals surface area contributed by atoms with E-state index in [0.29, 0.717) is 24.2 Å². The van der Waals surface area contributed by atoms with E-state index >= 15 is 0 Å². The van der Waals surface area contributed by atoms with Crippen LogP contribution in [0.2, 0.25) is 0 Å². The summed E-state index contributed by atoms with van der Waals surface area (Å²) in [4.78, 5) is 20.0. The van der Waals surface area contributed by atoms with Crippen LogP contribution >= 0.6 is 0 Å². The molecule has 1 aliphatic heterocycles. The van der Waals surface area contributed by atoms with E-state index in [1.165, 1.54) is 0 Å². The number of likely N-dealkylation sites (tertiary alicyclic amines) is 1. The van der Waals surface area contributed by atoms with Crippen LogP contribution in [0.5, 0.6) is 0 Å². The molecule has 0 spiro atoms. The third-order valence-electron chi connectivity index (χ3n) is 5.35. The van der Waals surface area contributed by atoms with Gasteiger partial charge < -0.3 is 9.63 Å². The Balaban J connectivity index is 1.55. The van der Waals surface area contributed by atoms with Crippen LogP contribution in [0.1, 0.15) is 50.0 Å². The molecule has 0 amide bonds. The van der Waals surface area contributed by atoms with Crippen LogP contribution in [0.3, 0.4) is 0 Å². The van der Waals surface area contributed by atoms with Crippen molar-refractivity contribution in [3.8, 4) is 0 Å². The molecule has 1 aromatic heterocycles. The number of piperidine rings is 1. The smallest absolute Gasteiger partial charge is 0.317 e. The first-order chi connectivity index (χ1) is 13.1. The van der Waals surface area contributed by atoms with Crippen LogP contribution in [0, 0.1) is 0 Å². The second-order valence-electron chi connectivity index (χ2n) is 7.11. The summed E-state index contributed by atoms with van der Waals surface area (Å²) in [6.45, 7) is 6.79. The Morgan fingerprint density at radius 1 is 1.33 bits per heavy atom. The zero-order chi connectivity index (χ0) is 19.2. The normalized spacial score (nSPS) is 17.3. The molecule has 3 rings (SSSR count). The van der Waals surface area contributed by atoms with E-state index in [1.54, 1.807) is 0 Å². The van der Waals surface area contributed by atoms with E-state index in [1.807, 2.05) is 25.1 Å². The summed E-state index contributed by atoms with van der Waals surface area (Å²) in [6, 6.07) is 10.5. The van der Waals surface area contributed by atoms with E-state index in [9.17, 15) is 4.79 Å². The van der Waals surface area contributed by atoms with E-state index in [2.05, 4.69) is 39.0 Å². The number of rotatable bonds is 8. The molecule has 7 nitrogen and oxygen atoms in total. The van der Waals surface area contributed by atoms with Gasteiger partial charge in [0, 0.05) is 25.6 Å². The minimum absolute atomic E-state index is 0.0672. The zero-order valence-corrected chi connectivity index (χ0v) is 16.0. The summed E-state index contributed by atoms with van der Waals surface area (Å²) in [5.41, 5.74) is 1.16. The SMILES string of the molecule is CCN(CC(=O)O)C1CCN(C(C)c2nc(Cc3ccccc3)no2)CC1. The molecule has 27 heavy (non-hydrogen) atoms. The molecular formula is C20H28N4O3. The lowest BCUT2D eigenvalue weighted by Gasteiger charge is -2.39. The number of benzene rings is 1. The van der Waals surface area contributed by atoms with Crippen LogP contribution < -0.4 is 0 Å². The lowest BCUT2D eigenvalue weighted by atomic mass is 10.0. The molecule has 1 unspecified atom stereocenters. The Hall–Kier alpha value is -2.25. The molecule has 2 heterocycles. The lowest BCUT2D eigenvalue weighted by Crippen LogP contribution is -2.47. The van der Waals surface area contributed by atoms with Crippen molar-refractivity contribution in [1.29, 1.82) is 0 Å². The average molecular weight is 372 g/mol. The van der Waals surface area contributed by atoms with Gasteiger partial charge in [-0.25, -0.2) is 0 Å². The van der Waals surface area contributed by atoms with E-state index in [-0.39, 0.29) is 12.6 Å². The molecule has 1 aromatic carbocycles. The summed E-state index contributed by atoms with van der Waals surface area (Å²) in [5.74, 6) is 0.596. The largest absolute Gasteiger partial charge is 0.480 e. The predicted molar refractivity (Wildman–Crippen MR) is 101 cm³/mol. The fourth-order valence-corrected chi connectivity index (χ4v) is 3.75. The standard InChI is InChI=1S/C20H28N4O3/c1-3-23(14-19(25)26)17-9-11-24(12-10-17)15(2)20-21-18(22-27-20)13-16-7-5-4-6-8-16/h4-8,15,17H,3,9-14H2,1-2H3,(H,25,26). The number of hydrogen-bond donors (Lipinski definition) is 1. The van der Waals surface area contributed by atoms with Crippen molar-refractivity contribution < 1.29 is 14.4 Å². The highest BCUT2D eigenvalue weighted by molar-refractivity contribution is 5.69. The molecule has 2 aromatic rings. The van der Waals surface area contributed by atoms with Crippen molar-refractivity contribution in [3.63, 3.8) is 0 Å². The van der Waals surface area contributed by atoms with Crippen LogP contribution in [-0.4, -0.2) is 63.2 Å². The fraction of sp³-hybridized carbons (Fsp3) is 0.550. The molecular weight excluding hydrogens is 344 g/mol. The number of carbonyl (C=O) groups is 1. The maximum absolute atomic E-state index is 11.0. The Morgan fingerprint density at radius 3 is 2.67 bits per heavy atom. The summed E-state index contributed by atoms with van der Waals surface area (Å²) in [7, 11) is 0. The molecule has 0 saturated carbocycles. The van der Waals surface area contributed by atoms with Crippen LogP contribution in [-0.2, 0) is 11.2 Å². The molecule has 1 atom stereocenters. The Morgan fingerprint density at radius 2 is 2.04 bits per heavy atom. The molecule has 1 aliphatic rings. The number of aromatic nitrogens is 2. The average Bonchev–Trinajstić information content (AvgIpc) is 3.15. The molecule has 0 bridgehead atoms. The number of nitrogens with zero attached hydrogens (tertiary/aromatic N) is 4. The van der Waals surface area contributed by atoms with Gasteiger partial charge in [-0.2, -0.15) is 4.98 Å². The number of hydrogen-bond acceptors (Lipinski definition) is 6. The van der Waals surface area contributed by atoms with Crippen LogP contribution in [0.4, 0.5) is 0 Å². The first kappa shape index (κ1) is 19.5. The van der Waals surface area contributed by atoms with Gasteiger partial charge in [0.1, 0.15) is 0 Å². The van der Waals surface area contributed by atoms with Crippen LogP contribution in [0.25, 0.3) is 0 Å². The van der Waals surface area contributed by atoms with Crippen molar-refractivity contribution in [2.45, 2.75) is 45.2 Å². The maximum Gasteiger partial charge on any atom is 0.317 e. The number of aliphatic carboxylic acids is 1. The number of likely N-dealkylation sites (N-methyl/N-ethyl adjacent to an activating group) is 1. The topological polar surface area (TPSA) is 82.7 Å². The summed E-state index contributed by atoms with van der Waals surface area (Å²) >= 11 is 0. The highest BCUT2D eigenvalue weighted by Crippen LogP contribution is 2.25. The van der Waals surface area contributed by atoms with Crippen molar-refractivity contribution in [3.05, 3.63) is 47.6 Å². The second-order valence-corrected chi connectivity index (χ2v) is 7.11. The molecule has 146 valence electrons. The van der Waals surface area contributed by atoms with Gasteiger partial charge in [-0.15, -0.1) is 0 Å². The lowest BCUT2D eigenvalue weighted by molar-refractivity contribution is -0.139. The first-order valence-electron chi connectivity index (χ1n) is 9.63. The fourth-order valence-electron chi connectivity index (χ4n) is 3.75. The maximum atomic E-state index is 11.0. The van der Waals surface area contributed by atoms with Gasteiger partial charge in [0.05, 0.1) is 12.6 Å². The van der Waals surface area contributed by atoms with Gasteiger partial charge in [0.2, 0.25) is 5.89 Å². The summed E-state index contributed by atoms with van der Waals surface area (Å²) < 4.78 is 5.51. The van der Waals surface area contributed by atoms with E-state index < -0.39 is 5.97 Å². The molecule has 1 saturated heterocycles. The van der Waals surface area contributed by atoms with E-state index in [0.717, 1.165) is 38.0 Å². The Bertz CT molecular complexity index is 726. The zero-order valence-electron chi connectivity index (χ0n) is 16.0. The van der Waals surface area contributed by atoms with Crippen molar-refractivity contribution in [2.75, 3.05) is 26.2 Å². The van der Waals surface area contributed by atoms with Gasteiger partial charge in [-0.1, -0.05) is 42.4 Å². The Kier molecular flexibility index (Phi) is 6.58. The highest BCUT2D eigenvalue weighted by atomic mass is 16.5. The second kappa shape index (κ2) is 9.10. The molecule has 1 N–H and O–H groups in total. The third-order valence-corrected chi connectivity index (χ3v) is 5.35. The monoisotopic (exact) mass is 372 g/mol. The third kappa shape index (κ3) is 5.14. The molecule has 0 radical (unpaired) electrons. The van der Waals surface area contributed by atoms with Crippen molar-refractivity contribution in [2.24, 2.45) is 0 Å². The first-order valence-corrected chi connectivity index (χ1v) is 9.63. The van der Waals surface area contributed by atoms with Crippen molar-refractivity contribution in [1.82, 2.24) is 19.9 Å². The minimum Gasteiger partial charge on any atom is -0.480 e. The van der Waals surface area contributed by atoms with E-state index in [4.69, 9.17) is 9.63 Å². The molecule has 0 aliphatic carbocycles. The van der Waals surface area contributed by atoms with Gasteiger partial charge in [0.25, 0.3) is 0 Å². The Labute approximate surface area is 160 Å². The summed E-state index contributed by atoms with van der Waals surface area (Å²) in [6.07, 6.45) is 2.58.